The highest BCUT2D eigenvalue weighted by atomic mass is 79.9. The molecule has 0 saturated carbocycles. The number of allylic oxidation sites excluding steroid dienone is 1. The Kier molecular flexibility index (Phi) is 5.77. The van der Waals surface area contributed by atoms with Crippen LogP contribution in [0.3, 0.4) is 0 Å². The Hall–Kier alpha value is -1.12. The highest BCUT2D eigenvalue weighted by molar-refractivity contribution is 9.10. The predicted molar refractivity (Wildman–Crippen MR) is 83.0 cm³/mol. The summed E-state index contributed by atoms with van der Waals surface area (Å²) in [5, 5.41) is 0.0866. The van der Waals surface area contributed by atoms with Crippen LogP contribution in [-0.4, -0.2) is 19.3 Å². The van der Waals surface area contributed by atoms with E-state index < -0.39 is 9.84 Å². The lowest BCUT2D eigenvalue weighted by Crippen LogP contribution is -2.39. The smallest absolute Gasteiger partial charge is 0.182 e. The van der Waals surface area contributed by atoms with Crippen LogP contribution < -0.4 is 16.6 Å². The molecule has 0 amide bonds. The summed E-state index contributed by atoms with van der Waals surface area (Å²) in [6, 6.07) is 6.50. The molecule has 0 unspecified atom stereocenters. The average Bonchev–Trinajstić information content (AvgIpc) is 2.34. The normalized spacial score (nSPS) is 12.0. The van der Waals surface area contributed by atoms with Gasteiger partial charge in [0.2, 0.25) is 0 Å². The first-order chi connectivity index (χ1) is 8.81. The van der Waals surface area contributed by atoms with Crippen molar-refractivity contribution in [2.24, 2.45) is 5.73 Å². The third-order valence-electron chi connectivity index (χ3n) is 2.16. The maximum atomic E-state index is 12.0. The minimum Gasteiger partial charge on any atom is -0.375 e. The largest absolute Gasteiger partial charge is 0.375 e. The third-order valence-corrected chi connectivity index (χ3v) is 4.39. The van der Waals surface area contributed by atoms with Crippen molar-refractivity contribution >= 4 is 43.1 Å². The van der Waals surface area contributed by atoms with E-state index in [-0.39, 0.29) is 15.8 Å². The summed E-state index contributed by atoms with van der Waals surface area (Å²) in [6.45, 7) is 1.71. The first-order valence-electron chi connectivity index (χ1n) is 5.28. The first-order valence-corrected chi connectivity index (χ1v) is 8.13. The highest BCUT2D eigenvalue weighted by Crippen LogP contribution is 2.16. The van der Waals surface area contributed by atoms with Gasteiger partial charge in [-0.15, -0.1) is 0 Å². The van der Waals surface area contributed by atoms with Gasteiger partial charge in [-0.05, 0) is 49.5 Å². The van der Waals surface area contributed by atoms with Crippen LogP contribution in [0.1, 0.15) is 6.92 Å². The maximum Gasteiger partial charge on any atom is 0.182 e. The van der Waals surface area contributed by atoms with E-state index in [9.17, 15) is 8.42 Å². The van der Waals surface area contributed by atoms with Crippen molar-refractivity contribution < 1.29 is 8.42 Å². The summed E-state index contributed by atoms with van der Waals surface area (Å²) in [4.78, 5) is 0.280. The van der Waals surface area contributed by atoms with Crippen LogP contribution in [0.25, 0.3) is 0 Å². The zero-order valence-corrected chi connectivity index (χ0v) is 13.4. The molecule has 0 aliphatic rings. The fourth-order valence-electron chi connectivity index (χ4n) is 1.18. The first kappa shape index (κ1) is 15.9. The van der Waals surface area contributed by atoms with Gasteiger partial charge in [-0.2, -0.15) is 0 Å². The number of hydrazine groups is 1. The molecular formula is C11H14BrN3O2S2. The number of sulfone groups is 1. The van der Waals surface area contributed by atoms with Crippen molar-refractivity contribution in [1.29, 1.82) is 0 Å². The monoisotopic (exact) mass is 363 g/mol. The van der Waals surface area contributed by atoms with Crippen molar-refractivity contribution in [3.05, 3.63) is 40.5 Å². The van der Waals surface area contributed by atoms with Crippen LogP contribution in [0.2, 0.25) is 0 Å². The lowest BCUT2D eigenvalue weighted by molar-refractivity contribution is 0.598. The highest BCUT2D eigenvalue weighted by Gasteiger charge is 2.12. The molecule has 0 spiro atoms. The molecule has 0 fully saturated rings. The van der Waals surface area contributed by atoms with Crippen LogP contribution in [0.5, 0.6) is 0 Å². The van der Waals surface area contributed by atoms with E-state index >= 15 is 0 Å². The molecule has 104 valence electrons. The van der Waals surface area contributed by atoms with E-state index in [2.05, 4.69) is 39.0 Å². The van der Waals surface area contributed by atoms with Gasteiger partial charge in [-0.3, -0.25) is 5.43 Å². The van der Waals surface area contributed by atoms with Gasteiger partial charge in [0.05, 0.1) is 10.6 Å². The Bertz CT molecular complexity index is 582. The molecule has 0 saturated heterocycles. The van der Waals surface area contributed by atoms with Crippen molar-refractivity contribution in [2.45, 2.75) is 11.8 Å². The second-order valence-corrected chi connectivity index (χ2v) is 7.13. The molecule has 1 rings (SSSR count). The Morgan fingerprint density at radius 3 is 2.47 bits per heavy atom. The van der Waals surface area contributed by atoms with Crippen LogP contribution in [0.4, 0.5) is 0 Å². The van der Waals surface area contributed by atoms with E-state index in [1.807, 2.05) is 0 Å². The molecule has 1 aromatic carbocycles. The minimum atomic E-state index is -3.34. The molecule has 0 atom stereocenters. The second-order valence-electron chi connectivity index (χ2n) is 3.74. The Morgan fingerprint density at radius 1 is 1.37 bits per heavy atom. The Balaban J connectivity index is 2.72. The third kappa shape index (κ3) is 5.58. The Morgan fingerprint density at radius 2 is 1.95 bits per heavy atom. The van der Waals surface area contributed by atoms with E-state index in [1.165, 1.54) is 0 Å². The molecule has 5 nitrogen and oxygen atoms in total. The van der Waals surface area contributed by atoms with Gasteiger partial charge in [0, 0.05) is 10.2 Å². The molecule has 0 bridgehead atoms. The van der Waals surface area contributed by atoms with Crippen LogP contribution in [0, 0.1) is 0 Å². The molecule has 0 radical (unpaired) electrons. The summed E-state index contributed by atoms with van der Waals surface area (Å²) >= 11 is 7.87. The molecule has 0 heterocycles. The maximum absolute atomic E-state index is 12.0. The van der Waals surface area contributed by atoms with E-state index in [0.29, 0.717) is 5.70 Å². The number of nitrogens with one attached hydrogen (secondary N) is 2. The number of hydrogen-bond acceptors (Lipinski definition) is 4. The fourth-order valence-corrected chi connectivity index (χ4v) is 2.71. The lowest BCUT2D eigenvalue weighted by Gasteiger charge is -2.08. The number of benzene rings is 1. The average molecular weight is 364 g/mol. The van der Waals surface area contributed by atoms with Gasteiger partial charge in [0.1, 0.15) is 0 Å². The summed E-state index contributed by atoms with van der Waals surface area (Å²) in [5.74, 6) is -0.105. The standard InChI is InChI=1S/C11H14BrN3O2S2/c1-8(14-15-11(13)18)6-7-19(16,17)10-4-2-9(12)3-5-10/h2-6,14H,7H2,1H3,(H3,13,15,18)/b8-6-. The number of halogens is 1. The summed E-state index contributed by atoms with van der Waals surface area (Å²) in [6.07, 6.45) is 1.54. The summed E-state index contributed by atoms with van der Waals surface area (Å²) in [7, 11) is -3.34. The zero-order chi connectivity index (χ0) is 14.5. The molecule has 19 heavy (non-hydrogen) atoms. The Labute approximate surface area is 126 Å². The zero-order valence-electron chi connectivity index (χ0n) is 10.2. The van der Waals surface area contributed by atoms with Gasteiger partial charge in [-0.1, -0.05) is 15.9 Å². The van der Waals surface area contributed by atoms with Crippen LogP contribution in [-0.2, 0) is 9.84 Å². The molecule has 0 aliphatic carbocycles. The van der Waals surface area contributed by atoms with Crippen molar-refractivity contribution in [3.8, 4) is 0 Å². The lowest BCUT2D eigenvalue weighted by atomic mass is 10.4. The summed E-state index contributed by atoms with van der Waals surface area (Å²) < 4.78 is 24.9. The molecule has 0 aromatic heterocycles. The van der Waals surface area contributed by atoms with Gasteiger partial charge in [0.25, 0.3) is 0 Å². The number of thiocarbonyl (C=S) groups is 1. The predicted octanol–water partition coefficient (Wildman–Crippen LogP) is 1.46. The van der Waals surface area contributed by atoms with Gasteiger partial charge in [-0.25, -0.2) is 8.42 Å². The van der Waals surface area contributed by atoms with Gasteiger partial charge < -0.3 is 11.2 Å². The number of hydrogen-bond donors (Lipinski definition) is 3. The van der Waals surface area contributed by atoms with E-state index in [1.54, 1.807) is 37.3 Å². The number of nitrogens with two attached hydrogens (primary N) is 1. The van der Waals surface area contributed by atoms with Crippen LogP contribution >= 0.6 is 28.1 Å². The van der Waals surface area contributed by atoms with Crippen molar-refractivity contribution in [3.63, 3.8) is 0 Å². The van der Waals surface area contributed by atoms with E-state index in [0.717, 1.165) is 4.47 Å². The van der Waals surface area contributed by atoms with E-state index in [4.69, 9.17) is 5.73 Å². The van der Waals surface area contributed by atoms with Gasteiger partial charge in [0.15, 0.2) is 14.9 Å². The molecule has 0 aliphatic heterocycles. The van der Waals surface area contributed by atoms with Crippen LogP contribution in [0.15, 0.2) is 45.4 Å². The van der Waals surface area contributed by atoms with Crippen molar-refractivity contribution in [2.75, 3.05) is 5.75 Å². The SMILES string of the molecule is C/C(=C/CS(=O)(=O)c1ccc(Br)cc1)NNC(N)=S. The summed E-state index contributed by atoms with van der Waals surface area (Å²) in [5.41, 5.74) is 11.1. The topological polar surface area (TPSA) is 84.2 Å². The fraction of sp³-hybridized carbons (Fsp3) is 0.182. The second kappa shape index (κ2) is 6.88. The quantitative estimate of drug-likeness (QED) is 0.542. The molecule has 4 N–H and O–H groups in total. The molecule has 8 heteroatoms. The number of rotatable bonds is 5. The molecule has 1 aromatic rings. The van der Waals surface area contributed by atoms with Gasteiger partial charge >= 0.3 is 0 Å². The van der Waals surface area contributed by atoms with Crippen molar-refractivity contribution in [1.82, 2.24) is 10.9 Å². The molecular weight excluding hydrogens is 350 g/mol. The minimum absolute atomic E-state index is 0.0866.